The summed E-state index contributed by atoms with van der Waals surface area (Å²) in [4.78, 5) is 11.6. The zero-order valence-electron chi connectivity index (χ0n) is 10.7. The first-order chi connectivity index (χ1) is 8.47. The van der Waals surface area contributed by atoms with Gasteiger partial charge in [-0.2, -0.15) is 0 Å². The summed E-state index contributed by atoms with van der Waals surface area (Å²) in [5.41, 5.74) is -0.0394. The molecule has 0 radical (unpaired) electrons. The smallest absolute Gasteiger partial charge is 0.327 e. The van der Waals surface area contributed by atoms with Gasteiger partial charge >= 0.3 is 5.97 Å². The Morgan fingerprint density at radius 2 is 2.06 bits per heavy atom. The largest absolute Gasteiger partial charge is 0.468 e. The van der Waals surface area contributed by atoms with Crippen molar-refractivity contribution in [3.8, 4) is 0 Å². The van der Waals surface area contributed by atoms with E-state index in [1.54, 1.807) is 0 Å². The maximum absolute atomic E-state index is 13.7. The van der Waals surface area contributed by atoms with Crippen molar-refractivity contribution in [3.63, 3.8) is 0 Å². The first-order valence-electron chi connectivity index (χ1n) is 5.72. The molecule has 1 aromatic carbocycles. The Morgan fingerprint density at radius 3 is 2.61 bits per heavy atom. The molecular weight excluding hydrogens is 240 g/mol. The molecular formula is C13H17F2NO2. The van der Waals surface area contributed by atoms with Gasteiger partial charge in [0.05, 0.1) is 7.11 Å². The highest BCUT2D eigenvalue weighted by Crippen LogP contribution is 2.20. The van der Waals surface area contributed by atoms with Crippen molar-refractivity contribution in [3.05, 3.63) is 35.4 Å². The van der Waals surface area contributed by atoms with Crippen LogP contribution in [0.4, 0.5) is 8.78 Å². The van der Waals surface area contributed by atoms with Crippen LogP contribution >= 0.6 is 0 Å². The molecule has 0 saturated heterocycles. The van der Waals surface area contributed by atoms with Gasteiger partial charge in [-0.1, -0.05) is 26.0 Å². The maximum Gasteiger partial charge on any atom is 0.327 e. The molecule has 1 N–H and O–H groups in total. The number of benzene rings is 1. The average Bonchev–Trinajstić information content (AvgIpc) is 2.33. The Labute approximate surface area is 105 Å². The molecule has 0 bridgehead atoms. The van der Waals surface area contributed by atoms with Gasteiger partial charge in [0.15, 0.2) is 11.6 Å². The lowest BCUT2D eigenvalue weighted by molar-refractivity contribution is -0.143. The number of rotatable bonds is 5. The second kappa shape index (κ2) is 6.44. The van der Waals surface area contributed by atoms with Crippen LogP contribution in [0.1, 0.15) is 25.5 Å². The van der Waals surface area contributed by atoms with Crippen molar-refractivity contribution in [1.82, 2.24) is 5.32 Å². The van der Waals surface area contributed by atoms with Crippen molar-refractivity contribution in [2.75, 3.05) is 13.7 Å². The average molecular weight is 257 g/mol. The van der Waals surface area contributed by atoms with Gasteiger partial charge in [0, 0.05) is 5.56 Å². The van der Waals surface area contributed by atoms with Crippen LogP contribution in [0, 0.1) is 17.6 Å². The lowest BCUT2D eigenvalue weighted by Crippen LogP contribution is -2.33. The lowest BCUT2D eigenvalue weighted by Gasteiger charge is -2.18. The van der Waals surface area contributed by atoms with E-state index in [0.717, 1.165) is 6.07 Å². The summed E-state index contributed by atoms with van der Waals surface area (Å²) in [6.07, 6.45) is 0. The third-order valence-electron chi connectivity index (χ3n) is 2.46. The van der Waals surface area contributed by atoms with E-state index in [0.29, 0.717) is 6.54 Å². The highest BCUT2D eigenvalue weighted by molar-refractivity contribution is 5.77. The number of carbonyl (C=O) groups excluding carboxylic acids is 1. The third-order valence-corrected chi connectivity index (χ3v) is 2.46. The minimum Gasteiger partial charge on any atom is -0.468 e. The van der Waals surface area contributed by atoms with Gasteiger partial charge in [-0.05, 0) is 18.5 Å². The van der Waals surface area contributed by atoms with Crippen LogP contribution in [0.3, 0.4) is 0 Å². The molecule has 0 aromatic heterocycles. The van der Waals surface area contributed by atoms with Gasteiger partial charge in [0.2, 0.25) is 0 Å². The number of nitrogens with one attached hydrogen (secondary N) is 1. The molecule has 1 rings (SSSR count). The zero-order valence-corrected chi connectivity index (χ0v) is 10.7. The number of hydrogen-bond acceptors (Lipinski definition) is 3. The van der Waals surface area contributed by atoms with Gasteiger partial charge in [0.1, 0.15) is 6.04 Å². The predicted molar refractivity (Wildman–Crippen MR) is 64.0 cm³/mol. The van der Waals surface area contributed by atoms with E-state index in [2.05, 4.69) is 10.1 Å². The van der Waals surface area contributed by atoms with Gasteiger partial charge < -0.3 is 10.1 Å². The molecule has 0 spiro atoms. The Kier molecular flexibility index (Phi) is 5.22. The predicted octanol–water partition coefficient (Wildman–Crippen LogP) is 2.42. The Hall–Kier alpha value is -1.49. The number of methoxy groups -OCH3 is 1. The van der Waals surface area contributed by atoms with E-state index in [1.807, 2.05) is 13.8 Å². The van der Waals surface area contributed by atoms with E-state index < -0.39 is 23.6 Å². The normalized spacial score (nSPS) is 12.6. The first kappa shape index (κ1) is 14.6. The molecule has 5 heteroatoms. The molecule has 1 atom stereocenters. The van der Waals surface area contributed by atoms with Crippen molar-refractivity contribution < 1.29 is 18.3 Å². The molecule has 0 heterocycles. The fraction of sp³-hybridized carbons (Fsp3) is 0.462. The number of halogens is 2. The van der Waals surface area contributed by atoms with Crippen LogP contribution in [0.2, 0.25) is 0 Å². The number of hydrogen-bond donors (Lipinski definition) is 1. The van der Waals surface area contributed by atoms with Gasteiger partial charge in [-0.15, -0.1) is 0 Å². The fourth-order valence-electron chi connectivity index (χ4n) is 1.54. The van der Waals surface area contributed by atoms with Crippen molar-refractivity contribution in [1.29, 1.82) is 0 Å². The summed E-state index contributed by atoms with van der Waals surface area (Å²) in [6.45, 7) is 4.39. The van der Waals surface area contributed by atoms with Crippen molar-refractivity contribution in [2.24, 2.45) is 5.92 Å². The fourth-order valence-corrected chi connectivity index (χ4v) is 1.54. The zero-order chi connectivity index (χ0) is 13.7. The lowest BCUT2D eigenvalue weighted by atomic mass is 10.1. The highest BCUT2D eigenvalue weighted by atomic mass is 19.2. The first-order valence-corrected chi connectivity index (χ1v) is 5.72. The standard InChI is InChI=1S/C13H17F2NO2/c1-8(2)7-16-12(13(17)18-3)9-5-4-6-10(14)11(9)15/h4-6,8,12,16H,7H2,1-3H3. The summed E-state index contributed by atoms with van der Waals surface area (Å²) in [5.74, 6) is -2.37. The minimum atomic E-state index is -1.02. The molecule has 1 unspecified atom stereocenters. The summed E-state index contributed by atoms with van der Waals surface area (Å²) in [6, 6.07) is 2.75. The minimum absolute atomic E-state index is 0.0394. The molecule has 0 aliphatic heterocycles. The molecule has 0 saturated carbocycles. The third kappa shape index (κ3) is 3.50. The van der Waals surface area contributed by atoms with Crippen molar-refractivity contribution in [2.45, 2.75) is 19.9 Å². The van der Waals surface area contributed by atoms with E-state index in [1.165, 1.54) is 19.2 Å². The molecule has 3 nitrogen and oxygen atoms in total. The summed E-state index contributed by atoms with van der Waals surface area (Å²) in [7, 11) is 1.21. The number of ether oxygens (including phenoxy) is 1. The molecule has 1 aromatic rings. The van der Waals surface area contributed by atoms with E-state index in [4.69, 9.17) is 0 Å². The quantitative estimate of drug-likeness (QED) is 0.823. The van der Waals surface area contributed by atoms with Gasteiger partial charge in [0.25, 0.3) is 0 Å². The molecule has 100 valence electrons. The van der Waals surface area contributed by atoms with Crippen LogP contribution in [-0.4, -0.2) is 19.6 Å². The van der Waals surface area contributed by atoms with E-state index in [-0.39, 0.29) is 11.5 Å². The second-order valence-corrected chi connectivity index (χ2v) is 4.40. The monoisotopic (exact) mass is 257 g/mol. The maximum atomic E-state index is 13.7. The number of esters is 1. The van der Waals surface area contributed by atoms with Gasteiger partial charge in [-0.3, -0.25) is 0 Å². The van der Waals surface area contributed by atoms with Crippen molar-refractivity contribution >= 4 is 5.97 Å². The Balaban J connectivity index is 3.01. The van der Waals surface area contributed by atoms with Crippen LogP contribution < -0.4 is 5.32 Å². The van der Waals surface area contributed by atoms with Crippen LogP contribution in [0.25, 0.3) is 0 Å². The Morgan fingerprint density at radius 1 is 1.39 bits per heavy atom. The summed E-state index contributed by atoms with van der Waals surface area (Å²) >= 11 is 0. The SMILES string of the molecule is COC(=O)C(NCC(C)C)c1cccc(F)c1F. The highest BCUT2D eigenvalue weighted by Gasteiger charge is 2.25. The Bertz CT molecular complexity index is 421. The molecule has 0 aliphatic carbocycles. The van der Waals surface area contributed by atoms with Crippen LogP contribution in [-0.2, 0) is 9.53 Å². The number of carbonyl (C=O) groups is 1. The van der Waals surface area contributed by atoms with Crippen LogP contribution in [0.5, 0.6) is 0 Å². The van der Waals surface area contributed by atoms with E-state index >= 15 is 0 Å². The molecule has 18 heavy (non-hydrogen) atoms. The summed E-state index contributed by atoms with van der Waals surface area (Å²) in [5, 5.41) is 2.87. The van der Waals surface area contributed by atoms with Gasteiger partial charge in [-0.25, -0.2) is 13.6 Å². The summed E-state index contributed by atoms with van der Waals surface area (Å²) < 4.78 is 31.4. The molecule has 0 fully saturated rings. The van der Waals surface area contributed by atoms with Crippen LogP contribution in [0.15, 0.2) is 18.2 Å². The molecule has 0 aliphatic rings. The molecule has 0 amide bonds. The second-order valence-electron chi connectivity index (χ2n) is 4.40. The topological polar surface area (TPSA) is 38.3 Å². The van der Waals surface area contributed by atoms with E-state index in [9.17, 15) is 13.6 Å².